The molecule has 2 aromatic carbocycles. The minimum Gasteiger partial charge on any atom is -0.383 e. The number of nitrogen functional groups attached to an aromatic ring is 1. The van der Waals surface area contributed by atoms with E-state index in [1.165, 1.54) is 12.1 Å². The van der Waals surface area contributed by atoms with Crippen molar-refractivity contribution in [2.45, 2.75) is 6.23 Å². The molecule has 0 aliphatic carbocycles. The van der Waals surface area contributed by atoms with E-state index in [9.17, 15) is 14.3 Å². The molecule has 150 valence electrons. The molecule has 2 heterocycles. The number of anilines is 1. The molecule has 1 atom stereocenters. The van der Waals surface area contributed by atoms with Crippen LogP contribution in [0, 0.1) is 5.82 Å². The van der Waals surface area contributed by atoms with Gasteiger partial charge in [-0.05, 0) is 34.7 Å². The van der Waals surface area contributed by atoms with Gasteiger partial charge in [0.2, 0.25) is 0 Å². The Hall–Kier alpha value is -3.23. The molecule has 1 fully saturated rings. The van der Waals surface area contributed by atoms with E-state index in [0.717, 1.165) is 16.5 Å². The number of amides is 2. The van der Waals surface area contributed by atoms with Gasteiger partial charge in [0.25, 0.3) is 0 Å². The van der Waals surface area contributed by atoms with Crippen molar-refractivity contribution in [3.63, 3.8) is 0 Å². The standard InChI is InChI=1S/C21H22FN5O2/c22-15-3-1-2-13(10-15)14-4-5-16-17(11-14)19(23)26-12-18(16)20(28)24-6-8-27-9-7-25-21(27)29/h1-5,10-12,20,24,28H,6-9H2,(H2,23,26)(H,25,29). The van der Waals surface area contributed by atoms with E-state index in [0.29, 0.717) is 42.9 Å². The number of nitrogens with two attached hydrogens (primary N) is 1. The van der Waals surface area contributed by atoms with Crippen molar-refractivity contribution in [2.75, 3.05) is 31.9 Å². The van der Waals surface area contributed by atoms with E-state index in [2.05, 4.69) is 15.6 Å². The fourth-order valence-electron chi connectivity index (χ4n) is 3.52. The van der Waals surface area contributed by atoms with Crippen LogP contribution in [-0.4, -0.2) is 47.2 Å². The van der Waals surface area contributed by atoms with Crippen LogP contribution in [0.5, 0.6) is 0 Å². The number of aliphatic hydroxyl groups is 1. The molecule has 0 radical (unpaired) electrons. The summed E-state index contributed by atoms with van der Waals surface area (Å²) in [4.78, 5) is 17.5. The maximum absolute atomic E-state index is 13.6. The zero-order chi connectivity index (χ0) is 20.4. The first-order chi connectivity index (χ1) is 14.0. The maximum Gasteiger partial charge on any atom is 0.317 e. The minimum atomic E-state index is -0.962. The van der Waals surface area contributed by atoms with Crippen LogP contribution in [0.3, 0.4) is 0 Å². The van der Waals surface area contributed by atoms with Gasteiger partial charge in [-0.15, -0.1) is 0 Å². The molecular formula is C21H22FN5O2. The molecule has 29 heavy (non-hydrogen) atoms. The summed E-state index contributed by atoms with van der Waals surface area (Å²) in [6.45, 7) is 2.22. The van der Waals surface area contributed by atoms with Crippen LogP contribution >= 0.6 is 0 Å². The van der Waals surface area contributed by atoms with Crippen LogP contribution < -0.4 is 16.4 Å². The lowest BCUT2D eigenvalue weighted by atomic mass is 9.99. The quantitative estimate of drug-likeness (QED) is 0.479. The molecule has 1 aliphatic heterocycles. The van der Waals surface area contributed by atoms with Crippen molar-refractivity contribution in [3.8, 4) is 11.1 Å². The number of hydrogen-bond acceptors (Lipinski definition) is 5. The molecule has 1 unspecified atom stereocenters. The van der Waals surface area contributed by atoms with Gasteiger partial charge in [0.1, 0.15) is 17.9 Å². The predicted octanol–water partition coefficient (Wildman–Crippen LogP) is 2.23. The Labute approximate surface area is 167 Å². The van der Waals surface area contributed by atoms with Crippen molar-refractivity contribution < 1.29 is 14.3 Å². The van der Waals surface area contributed by atoms with E-state index in [-0.39, 0.29) is 11.8 Å². The third kappa shape index (κ3) is 3.98. The lowest BCUT2D eigenvalue weighted by Gasteiger charge is -2.19. The van der Waals surface area contributed by atoms with Gasteiger partial charge in [-0.1, -0.05) is 24.3 Å². The number of hydrogen-bond donors (Lipinski definition) is 4. The predicted molar refractivity (Wildman–Crippen MR) is 109 cm³/mol. The largest absolute Gasteiger partial charge is 0.383 e. The smallest absolute Gasteiger partial charge is 0.317 e. The summed E-state index contributed by atoms with van der Waals surface area (Å²) in [5.41, 5.74) is 8.20. The molecule has 7 nitrogen and oxygen atoms in total. The highest BCUT2D eigenvalue weighted by Gasteiger charge is 2.19. The number of rotatable bonds is 6. The molecule has 0 bridgehead atoms. The molecule has 1 aliphatic rings. The average molecular weight is 395 g/mol. The number of aromatic nitrogens is 1. The highest BCUT2D eigenvalue weighted by Crippen LogP contribution is 2.31. The van der Waals surface area contributed by atoms with Gasteiger partial charge < -0.3 is 21.1 Å². The monoisotopic (exact) mass is 395 g/mol. The number of nitrogens with one attached hydrogen (secondary N) is 2. The number of carbonyl (C=O) groups excluding carboxylic acids is 1. The zero-order valence-corrected chi connectivity index (χ0v) is 15.7. The number of nitrogens with zero attached hydrogens (tertiary/aromatic N) is 2. The summed E-state index contributed by atoms with van der Waals surface area (Å²) >= 11 is 0. The summed E-state index contributed by atoms with van der Waals surface area (Å²) in [5.74, 6) is 0.0247. The summed E-state index contributed by atoms with van der Waals surface area (Å²) in [5, 5.41) is 17.8. The van der Waals surface area contributed by atoms with Crippen LogP contribution in [0.1, 0.15) is 11.8 Å². The Kier molecular flexibility index (Phi) is 5.28. The summed E-state index contributed by atoms with van der Waals surface area (Å²) < 4.78 is 13.6. The van der Waals surface area contributed by atoms with Crippen LogP contribution in [0.2, 0.25) is 0 Å². The van der Waals surface area contributed by atoms with Gasteiger partial charge in [-0.25, -0.2) is 14.2 Å². The van der Waals surface area contributed by atoms with Crippen LogP contribution in [0.4, 0.5) is 15.0 Å². The highest BCUT2D eigenvalue weighted by molar-refractivity contribution is 5.96. The van der Waals surface area contributed by atoms with Gasteiger partial charge >= 0.3 is 6.03 Å². The fraction of sp³-hybridized carbons (Fsp3) is 0.238. The number of benzene rings is 2. The Morgan fingerprint density at radius 3 is 2.83 bits per heavy atom. The van der Waals surface area contributed by atoms with Crippen LogP contribution in [-0.2, 0) is 0 Å². The van der Waals surface area contributed by atoms with Crippen LogP contribution in [0.15, 0.2) is 48.7 Å². The van der Waals surface area contributed by atoms with E-state index in [1.807, 2.05) is 24.3 Å². The number of halogens is 1. The molecule has 1 saturated heterocycles. The van der Waals surface area contributed by atoms with Gasteiger partial charge in [-0.2, -0.15) is 0 Å². The fourth-order valence-corrected chi connectivity index (χ4v) is 3.52. The third-order valence-corrected chi connectivity index (χ3v) is 5.07. The minimum absolute atomic E-state index is 0.0919. The Morgan fingerprint density at radius 2 is 2.07 bits per heavy atom. The normalized spacial score (nSPS) is 15.0. The van der Waals surface area contributed by atoms with E-state index >= 15 is 0 Å². The lowest BCUT2D eigenvalue weighted by molar-refractivity contribution is 0.136. The SMILES string of the molecule is Nc1ncc(C(O)NCCN2CCNC2=O)c2ccc(-c3cccc(F)c3)cc12. The van der Waals surface area contributed by atoms with Gasteiger partial charge in [0.05, 0.1) is 0 Å². The molecule has 0 spiro atoms. The number of aliphatic hydroxyl groups excluding tert-OH is 1. The molecule has 8 heteroatoms. The van der Waals surface area contributed by atoms with Crippen molar-refractivity contribution in [1.82, 2.24) is 20.5 Å². The third-order valence-electron chi connectivity index (χ3n) is 5.07. The molecule has 1 aromatic heterocycles. The van der Waals surface area contributed by atoms with Crippen molar-refractivity contribution >= 4 is 22.6 Å². The Balaban J connectivity index is 1.56. The molecule has 0 saturated carbocycles. The second-order valence-corrected chi connectivity index (χ2v) is 6.95. The molecular weight excluding hydrogens is 373 g/mol. The van der Waals surface area contributed by atoms with E-state index in [4.69, 9.17) is 5.73 Å². The molecule has 2 amide bonds. The summed E-state index contributed by atoms with van der Waals surface area (Å²) in [6.07, 6.45) is 0.580. The first-order valence-electron chi connectivity index (χ1n) is 9.41. The maximum atomic E-state index is 13.6. The number of fused-ring (bicyclic) bond motifs is 1. The van der Waals surface area contributed by atoms with Crippen molar-refractivity contribution in [1.29, 1.82) is 0 Å². The topological polar surface area (TPSA) is 104 Å². The van der Waals surface area contributed by atoms with E-state index in [1.54, 1.807) is 17.2 Å². The second-order valence-electron chi connectivity index (χ2n) is 6.95. The molecule has 4 rings (SSSR count). The lowest BCUT2D eigenvalue weighted by Crippen LogP contribution is -2.36. The first-order valence-corrected chi connectivity index (χ1v) is 9.41. The van der Waals surface area contributed by atoms with Crippen molar-refractivity contribution in [2.24, 2.45) is 0 Å². The molecule has 3 aromatic rings. The number of pyridine rings is 1. The number of urea groups is 1. The zero-order valence-electron chi connectivity index (χ0n) is 15.7. The Bertz CT molecular complexity index is 1060. The summed E-state index contributed by atoms with van der Waals surface area (Å²) in [6, 6.07) is 11.8. The first kappa shape index (κ1) is 19.1. The average Bonchev–Trinajstić information content (AvgIpc) is 3.13. The van der Waals surface area contributed by atoms with Crippen molar-refractivity contribution in [3.05, 3.63) is 60.0 Å². The number of carbonyl (C=O) groups is 1. The van der Waals surface area contributed by atoms with Gasteiger partial charge in [-0.3, -0.25) is 5.32 Å². The Morgan fingerprint density at radius 1 is 1.24 bits per heavy atom. The van der Waals surface area contributed by atoms with E-state index < -0.39 is 6.23 Å². The second kappa shape index (κ2) is 8.02. The van der Waals surface area contributed by atoms with Crippen LogP contribution in [0.25, 0.3) is 21.9 Å². The summed E-state index contributed by atoms with van der Waals surface area (Å²) in [7, 11) is 0. The highest BCUT2D eigenvalue weighted by atomic mass is 19.1. The molecule has 5 N–H and O–H groups in total. The van der Waals surface area contributed by atoms with Gasteiger partial charge in [0, 0.05) is 43.3 Å². The van der Waals surface area contributed by atoms with Gasteiger partial charge in [0.15, 0.2) is 0 Å².